The average molecular weight is 240 g/mol. The summed E-state index contributed by atoms with van der Waals surface area (Å²) in [7, 11) is 0. The van der Waals surface area contributed by atoms with Gasteiger partial charge in [0.15, 0.2) is 11.6 Å². The van der Waals surface area contributed by atoms with Crippen molar-refractivity contribution in [2.75, 3.05) is 0 Å². The third-order valence-electron chi connectivity index (χ3n) is 3.42. The lowest BCUT2D eigenvalue weighted by Gasteiger charge is -2.14. The van der Waals surface area contributed by atoms with Crippen molar-refractivity contribution < 1.29 is 8.78 Å². The van der Waals surface area contributed by atoms with Crippen LogP contribution in [0.25, 0.3) is 0 Å². The van der Waals surface area contributed by atoms with E-state index in [1.165, 1.54) is 25.0 Å². The molecule has 0 saturated heterocycles. The van der Waals surface area contributed by atoms with Gasteiger partial charge in [-0.05, 0) is 36.0 Å². The highest BCUT2D eigenvalue weighted by Gasteiger charge is 2.08. The monoisotopic (exact) mass is 240 g/mol. The molecule has 0 aliphatic rings. The van der Waals surface area contributed by atoms with Gasteiger partial charge < -0.3 is 0 Å². The van der Waals surface area contributed by atoms with E-state index < -0.39 is 11.6 Å². The lowest BCUT2D eigenvalue weighted by atomic mass is 9.92. The van der Waals surface area contributed by atoms with Gasteiger partial charge in [-0.15, -0.1) is 0 Å². The number of hydrogen-bond acceptors (Lipinski definition) is 0. The van der Waals surface area contributed by atoms with Gasteiger partial charge in [-0.3, -0.25) is 0 Å². The molecule has 2 unspecified atom stereocenters. The molecule has 0 aliphatic carbocycles. The van der Waals surface area contributed by atoms with E-state index >= 15 is 0 Å². The molecule has 0 N–H and O–H groups in total. The largest absolute Gasteiger partial charge is 0.204 e. The van der Waals surface area contributed by atoms with E-state index in [1.807, 2.05) is 0 Å². The predicted molar refractivity (Wildman–Crippen MR) is 67.9 cm³/mol. The van der Waals surface area contributed by atoms with Gasteiger partial charge in [0.2, 0.25) is 0 Å². The van der Waals surface area contributed by atoms with Gasteiger partial charge in [0, 0.05) is 0 Å². The summed E-state index contributed by atoms with van der Waals surface area (Å²) in [5.74, 6) is -0.228. The Morgan fingerprint density at radius 1 is 1.00 bits per heavy atom. The zero-order valence-electron chi connectivity index (χ0n) is 11.0. The first-order chi connectivity index (χ1) is 8.02. The molecule has 0 aromatic heterocycles. The molecule has 0 saturated carbocycles. The second-order valence-electron chi connectivity index (χ2n) is 5.15. The zero-order valence-corrected chi connectivity index (χ0v) is 11.0. The number of rotatable bonds is 6. The van der Waals surface area contributed by atoms with Crippen molar-refractivity contribution in [3.8, 4) is 0 Å². The summed E-state index contributed by atoms with van der Waals surface area (Å²) in [5, 5.41) is 0. The van der Waals surface area contributed by atoms with Crippen molar-refractivity contribution in [3.05, 3.63) is 35.4 Å². The average Bonchev–Trinajstić information content (AvgIpc) is 2.31. The Kier molecular flexibility index (Phi) is 5.60. The maximum Gasteiger partial charge on any atom is 0.159 e. The van der Waals surface area contributed by atoms with Crippen molar-refractivity contribution in [1.29, 1.82) is 0 Å². The van der Waals surface area contributed by atoms with Gasteiger partial charge in [-0.2, -0.15) is 0 Å². The smallest absolute Gasteiger partial charge is 0.159 e. The molecule has 0 fully saturated rings. The van der Waals surface area contributed by atoms with Crippen molar-refractivity contribution >= 4 is 0 Å². The fourth-order valence-electron chi connectivity index (χ4n) is 1.94. The van der Waals surface area contributed by atoms with Crippen molar-refractivity contribution in [3.63, 3.8) is 0 Å². The van der Waals surface area contributed by atoms with Crippen LogP contribution in [0, 0.1) is 23.5 Å². The van der Waals surface area contributed by atoms with Crippen molar-refractivity contribution in [1.82, 2.24) is 0 Å². The Bertz CT molecular complexity index is 347. The summed E-state index contributed by atoms with van der Waals surface area (Å²) in [6.45, 7) is 6.62. The Morgan fingerprint density at radius 2 is 1.65 bits per heavy atom. The maximum atomic E-state index is 13.0. The van der Waals surface area contributed by atoms with E-state index in [4.69, 9.17) is 0 Å². The maximum absolute atomic E-state index is 13.0. The molecule has 2 heteroatoms. The van der Waals surface area contributed by atoms with Crippen LogP contribution in [0.4, 0.5) is 8.78 Å². The predicted octanol–water partition coefficient (Wildman–Crippen LogP) is 4.97. The Morgan fingerprint density at radius 3 is 2.24 bits per heavy atom. The second-order valence-corrected chi connectivity index (χ2v) is 5.15. The summed E-state index contributed by atoms with van der Waals surface area (Å²) in [6.07, 6.45) is 4.39. The lowest BCUT2D eigenvalue weighted by molar-refractivity contribution is 0.420. The second kappa shape index (κ2) is 6.73. The topological polar surface area (TPSA) is 0 Å². The molecule has 0 heterocycles. The highest BCUT2D eigenvalue weighted by Crippen LogP contribution is 2.19. The minimum Gasteiger partial charge on any atom is -0.204 e. The molecule has 1 aromatic carbocycles. The van der Waals surface area contributed by atoms with E-state index in [0.717, 1.165) is 24.3 Å². The fraction of sp³-hybridized carbons (Fsp3) is 0.600. The van der Waals surface area contributed by atoms with Crippen LogP contribution in [0.1, 0.15) is 45.6 Å². The summed E-state index contributed by atoms with van der Waals surface area (Å²) in [4.78, 5) is 0. The quantitative estimate of drug-likeness (QED) is 0.658. The van der Waals surface area contributed by atoms with Gasteiger partial charge in [0.1, 0.15) is 0 Å². The van der Waals surface area contributed by atoms with Crippen LogP contribution in [-0.4, -0.2) is 0 Å². The number of hydrogen-bond donors (Lipinski definition) is 0. The minimum absolute atomic E-state index is 0.522. The third kappa shape index (κ3) is 4.84. The first-order valence-corrected chi connectivity index (χ1v) is 6.46. The van der Waals surface area contributed by atoms with Gasteiger partial charge in [0.25, 0.3) is 0 Å². The first kappa shape index (κ1) is 14.1. The summed E-state index contributed by atoms with van der Waals surface area (Å²) in [6, 6.07) is 4.21. The number of benzene rings is 1. The van der Waals surface area contributed by atoms with Crippen molar-refractivity contribution in [2.45, 2.75) is 46.5 Å². The van der Waals surface area contributed by atoms with Gasteiger partial charge in [0.05, 0.1) is 0 Å². The Balaban J connectivity index is 2.44. The Hall–Kier alpha value is -0.920. The lowest BCUT2D eigenvalue weighted by Crippen LogP contribution is -2.03. The summed E-state index contributed by atoms with van der Waals surface area (Å²) in [5.41, 5.74) is 0.889. The minimum atomic E-state index is -0.763. The van der Waals surface area contributed by atoms with Crippen LogP contribution in [0.2, 0.25) is 0 Å². The molecule has 0 aliphatic heterocycles. The molecule has 1 aromatic rings. The van der Waals surface area contributed by atoms with Crippen LogP contribution >= 0.6 is 0 Å². The van der Waals surface area contributed by atoms with E-state index in [-0.39, 0.29) is 0 Å². The van der Waals surface area contributed by atoms with Gasteiger partial charge in [-0.1, -0.05) is 46.1 Å². The van der Waals surface area contributed by atoms with E-state index in [1.54, 1.807) is 6.07 Å². The first-order valence-electron chi connectivity index (χ1n) is 6.46. The van der Waals surface area contributed by atoms with Crippen LogP contribution in [0.5, 0.6) is 0 Å². The molecule has 1 rings (SSSR count). The van der Waals surface area contributed by atoms with Gasteiger partial charge in [-0.25, -0.2) is 8.78 Å². The SMILES string of the molecule is CCC(C)CCC(C)Cc1ccc(F)c(F)c1. The van der Waals surface area contributed by atoms with Crippen LogP contribution in [-0.2, 0) is 6.42 Å². The van der Waals surface area contributed by atoms with E-state index in [9.17, 15) is 8.78 Å². The standard InChI is InChI=1S/C15H22F2/c1-4-11(2)5-6-12(3)9-13-7-8-14(16)15(17)10-13/h7-8,10-12H,4-6,9H2,1-3H3. The highest BCUT2D eigenvalue weighted by atomic mass is 19.2. The van der Waals surface area contributed by atoms with Crippen molar-refractivity contribution in [2.24, 2.45) is 11.8 Å². The molecule has 0 bridgehead atoms. The van der Waals surface area contributed by atoms with Gasteiger partial charge >= 0.3 is 0 Å². The van der Waals surface area contributed by atoms with E-state index in [2.05, 4.69) is 20.8 Å². The van der Waals surface area contributed by atoms with Crippen LogP contribution < -0.4 is 0 Å². The molecule has 17 heavy (non-hydrogen) atoms. The van der Waals surface area contributed by atoms with Crippen LogP contribution in [0.3, 0.4) is 0 Å². The summed E-state index contributed by atoms with van der Waals surface area (Å²) < 4.78 is 25.8. The number of halogens is 2. The fourth-order valence-corrected chi connectivity index (χ4v) is 1.94. The molecule has 0 amide bonds. The summed E-state index contributed by atoms with van der Waals surface area (Å²) >= 11 is 0. The molecule has 96 valence electrons. The zero-order chi connectivity index (χ0) is 12.8. The molecule has 0 spiro atoms. The van der Waals surface area contributed by atoms with E-state index in [0.29, 0.717) is 5.92 Å². The molecule has 0 nitrogen and oxygen atoms in total. The highest BCUT2D eigenvalue weighted by molar-refractivity contribution is 5.18. The molecular weight excluding hydrogens is 218 g/mol. The normalized spacial score (nSPS) is 14.6. The molecule has 2 atom stereocenters. The molecule has 0 radical (unpaired) electrons. The van der Waals surface area contributed by atoms with Crippen LogP contribution in [0.15, 0.2) is 18.2 Å². The third-order valence-corrected chi connectivity index (χ3v) is 3.42. The Labute approximate surface area is 103 Å². The molecular formula is C15H22F2.